The number of anilines is 1. The summed E-state index contributed by atoms with van der Waals surface area (Å²) >= 11 is 0. The standard InChI is InChI=1S/C24H16F2N2O4/c25-17-7-9-18(10-8-17)28-23(30)20(22(29)27-24(28)31)13-15-5-11-19(12-6-15)32-14-16-3-1-2-4-21(16)26/h1-13H,14H2,(H,27,29,31)/b20-13+. The maximum atomic E-state index is 13.7. The van der Waals surface area contributed by atoms with Crippen LogP contribution in [0.15, 0.2) is 78.4 Å². The molecular weight excluding hydrogens is 418 g/mol. The molecule has 6 nitrogen and oxygen atoms in total. The number of imide groups is 2. The number of hydrogen-bond donors (Lipinski definition) is 1. The smallest absolute Gasteiger partial charge is 0.335 e. The lowest BCUT2D eigenvalue weighted by Crippen LogP contribution is -2.54. The van der Waals surface area contributed by atoms with Gasteiger partial charge in [0.1, 0.15) is 29.6 Å². The Kier molecular flexibility index (Phi) is 5.76. The molecule has 1 fully saturated rings. The van der Waals surface area contributed by atoms with Gasteiger partial charge in [-0.1, -0.05) is 30.3 Å². The van der Waals surface area contributed by atoms with Gasteiger partial charge in [0.25, 0.3) is 11.8 Å². The van der Waals surface area contributed by atoms with Crippen LogP contribution in [0.25, 0.3) is 6.08 Å². The van der Waals surface area contributed by atoms with Gasteiger partial charge in [0.05, 0.1) is 5.69 Å². The lowest BCUT2D eigenvalue weighted by molar-refractivity contribution is -0.122. The molecule has 0 radical (unpaired) electrons. The van der Waals surface area contributed by atoms with Crippen molar-refractivity contribution in [3.05, 3.63) is 101 Å². The number of barbiturate groups is 1. The highest BCUT2D eigenvalue weighted by Crippen LogP contribution is 2.23. The minimum atomic E-state index is -0.916. The van der Waals surface area contributed by atoms with Gasteiger partial charge in [0.2, 0.25) is 0 Å². The minimum absolute atomic E-state index is 0.0444. The van der Waals surface area contributed by atoms with E-state index in [1.165, 1.54) is 24.3 Å². The molecule has 0 spiro atoms. The Morgan fingerprint density at radius 2 is 1.56 bits per heavy atom. The van der Waals surface area contributed by atoms with Crippen molar-refractivity contribution in [2.24, 2.45) is 0 Å². The Labute approximate surface area is 181 Å². The van der Waals surface area contributed by atoms with Gasteiger partial charge in [-0.25, -0.2) is 18.5 Å². The fourth-order valence-corrected chi connectivity index (χ4v) is 3.09. The van der Waals surface area contributed by atoms with Gasteiger partial charge in [0.15, 0.2) is 0 Å². The van der Waals surface area contributed by atoms with Crippen molar-refractivity contribution in [3.63, 3.8) is 0 Å². The number of amides is 4. The van der Waals surface area contributed by atoms with Crippen LogP contribution in [0.2, 0.25) is 0 Å². The largest absolute Gasteiger partial charge is 0.489 e. The Hall–Kier alpha value is -4.33. The van der Waals surface area contributed by atoms with Crippen LogP contribution in [0.5, 0.6) is 5.75 Å². The van der Waals surface area contributed by atoms with E-state index in [0.29, 0.717) is 16.9 Å². The van der Waals surface area contributed by atoms with E-state index in [1.54, 1.807) is 42.5 Å². The molecule has 160 valence electrons. The van der Waals surface area contributed by atoms with Gasteiger partial charge in [-0.2, -0.15) is 0 Å². The second-order valence-electron chi connectivity index (χ2n) is 6.88. The van der Waals surface area contributed by atoms with Gasteiger partial charge >= 0.3 is 6.03 Å². The van der Waals surface area contributed by atoms with Gasteiger partial charge < -0.3 is 4.74 Å². The maximum Gasteiger partial charge on any atom is 0.335 e. The predicted molar refractivity (Wildman–Crippen MR) is 113 cm³/mol. The Morgan fingerprint density at radius 1 is 0.875 bits per heavy atom. The lowest BCUT2D eigenvalue weighted by atomic mass is 10.1. The first-order valence-electron chi connectivity index (χ1n) is 9.55. The fraction of sp³-hybridized carbons (Fsp3) is 0.0417. The van der Waals surface area contributed by atoms with E-state index in [-0.39, 0.29) is 23.7 Å². The fourth-order valence-electron chi connectivity index (χ4n) is 3.09. The monoisotopic (exact) mass is 434 g/mol. The van der Waals surface area contributed by atoms with Gasteiger partial charge in [-0.05, 0) is 54.1 Å². The molecule has 4 rings (SSSR count). The number of hydrogen-bond acceptors (Lipinski definition) is 4. The number of carbonyl (C=O) groups is 3. The first-order valence-corrected chi connectivity index (χ1v) is 9.55. The summed E-state index contributed by atoms with van der Waals surface area (Å²) in [6.07, 6.45) is 1.33. The lowest BCUT2D eigenvalue weighted by Gasteiger charge is -2.26. The van der Waals surface area contributed by atoms with Gasteiger partial charge in [-0.15, -0.1) is 0 Å². The van der Waals surface area contributed by atoms with Crippen molar-refractivity contribution < 1.29 is 27.9 Å². The van der Waals surface area contributed by atoms with E-state index < -0.39 is 23.7 Å². The van der Waals surface area contributed by atoms with Crippen LogP contribution in [-0.4, -0.2) is 17.8 Å². The van der Waals surface area contributed by atoms with Crippen LogP contribution in [0.3, 0.4) is 0 Å². The van der Waals surface area contributed by atoms with E-state index in [2.05, 4.69) is 5.32 Å². The summed E-state index contributed by atoms with van der Waals surface area (Å²) in [6.45, 7) is 0.0444. The molecule has 0 aliphatic carbocycles. The number of benzene rings is 3. The third-order valence-corrected chi connectivity index (χ3v) is 4.73. The summed E-state index contributed by atoms with van der Waals surface area (Å²) in [6, 6.07) is 16.6. The second-order valence-corrected chi connectivity index (χ2v) is 6.88. The summed E-state index contributed by atoms with van der Waals surface area (Å²) in [5.41, 5.74) is 0.794. The summed E-state index contributed by atoms with van der Waals surface area (Å²) in [5.74, 6) is -2.08. The highest BCUT2D eigenvalue weighted by molar-refractivity contribution is 6.39. The molecule has 1 aliphatic heterocycles. The average Bonchev–Trinajstić information content (AvgIpc) is 2.78. The molecule has 1 N–H and O–H groups in total. The van der Waals surface area contributed by atoms with Crippen LogP contribution in [-0.2, 0) is 16.2 Å². The van der Waals surface area contributed by atoms with E-state index in [1.807, 2.05) is 0 Å². The predicted octanol–water partition coefficient (Wildman–Crippen LogP) is 4.21. The van der Waals surface area contributed by atoms with Gasteiger partial charge in [-0.3, -0.25) is 14.9 Å². The van der Waals surface area contributed by atoms with Crippen molar-refractivity contribution in [1.29, 1.82) is 0 Å². The summed E-state index contributed by atoms with van der Waals surface area (Å²) < 4.78 is 32.4. The number of nitrogens with zero attached hydrogens (tertiary/aromatic N) is 1. The van der Waals surface area contributed by atoms with Crippen molar-refractivity contribution in [2.75, 3.05) is 4.90 Å². The molecule has 1 aliphatic rings. The zero-order valence-corrected chi connectivity index (χ0v) is 16.5. The molecule has 0 unspecified atom stereocenters. The number of ether oxygens (including phenoxy) is 1. The van der Waals surface area contributed by atoms with Crippen molar-refractivity contribution in [2.45, 2.75) is 6.61 Å². The molecule has 0 atom stereocenters. The third-order valence-electron chi connectivity index (χ3n) is 4.73. The molecule has 1 saturated heterocycles. The summed E-state index contributed by atoms with van der Waals surface area (Å²) in [7, 11) is 0. The molecule has 4 amide bonds. The van der Waals surface area contributed by atoms with E-state index in [0.717, 1.165) is 17.0 Å². The molecule has 1 heterocycles. The Morgan fingerprint density at radius 3 is 2.25 bits per heavy atom. The van der Waals surface area contributed by atoms with Crippen LogP contribution in [0, 0.1) is 11.6 Å². The Bertz CT molecular complexity index is 1220. The van der Waals surface area contributed by atoms with Crippen LogP contribution in [0.4, 0.5) is 19.3 Å². The quantitative estimate of drug-likeness (QED) is 0.482. The topological polar surface area (TPSA) is 75.7 Å². The number of carbonyl (C=O) groups excluding carboxylic acids is 3. The number of urea groups is 1. The maximum absolute atomic E-state index is 13.7. The van der Waals surface area contributed by atoms with Crippen molar-refractivity contribution >= 4 is 29.6 Å². The van der Waals surface area contributed by atoms with Crippen LogP contribution < -0.4 is 15.0 Å². The van der Waals surface area contributed by atoms with E-state index in [9.17, 15) is 23.2 Å². The van der Waals surface area contributed by atoms with Crippen LogP contribution >= 0.6 is 0 Å². The SMILES string of the molecule is O=C1NC(=O)N(c2ccc(F)cc2)C(=O)/C1=C/c1ccc(OCc2ccccc2F)cc1. The number of halogens is 2. The molecule has 0 saturated carbocycles. The summed E-state index contributed by atoms with van der Waals surface area (Å²) in [5, 5.41) is 2.10. The normalized spacial score (nSPS) is 15.1. The molecule has 3 aromatic carbocycles. The molecule has 0 bridgehead atoms. The number of nitrogens with one attached hydrogen (secondary N) is 1. The molecule has 3 aromatic rings. The first-order chi connectivity index (χ1) is 15.4. The highest BCUT2D eigenvalue weighted by Gasteiger charge is 2.36. The second kappa shape index (κ2) is 8.81. The van der Waals surface area contributed by atoms with E-state index >= 15 is 0 Å². The molecule has 0 aromatic heterocycles. The highest BCUT2D eigenvalue weighted by atomic mass is 19.1. The molecule has 32 heavy (non-hydrogen) atoms. The first kappa shape index (κ1) is 20.9. The Balaban J connectivity index is 1.52. The van der Waals surface area contributed by atoms with E-state index in [4.69, 9.17) is 4.74 Å². The minimum Gasteiger partial charge on any atom is -0.489 e. The zero-order chi connectivity index (χ0) is 22.7. The van der Waals surface area contributed by atoms with Crippen molar-refractivity contribution in [1.82, 2.24) is 5.32 Å². The zero-order valence-electron chi connectivity index (χ0n) is 16.5. The molecule has 8 heteroatoms. The average molecular weight is 434 g/mol. The van der Waals surface area contributed by atoms with Crippen molar-refractivity contribution in [3.8, 4) is 5.75 Å². The third kappa shape index (κ3) is 4.39. The summed E-state index contributed by atoms with van der Waals surface area (Å²) in [4.78, 5) is 38.0. The molecular formula is C24H16F2N2O4. The van der Waals surface area contributed by atoms with Crippen LogP contribution in [0.1, 0.15) is 11.1 Å². The van der Waals surface area contributed by atoms with Gasteiger partial charge in [0, 0.05) is 5.56 Å². The number of rotatable bonds is 5.